The van der Waals surface area contributed by atoms with Crippen LogP contribution >= 0.6 is 0 Å². The van der Waals surface area contributed by atoms with Crippen molar-refractivity contribution in [1.82, 2.24) is 0 Å². The molecule has 2 rings (SSSR count). The van der Waals surface area contributed by atoms with Crippen molar-refractivity contribution in [2.24, 2.45) is 5.92 Å². The minimum Gasteiger partial charge on any atom is -0.466 e. The summed E-state index contributed by atoms with van der Waals surface area (Å²) in [7, 11) is -0.133. The van der Waals surface area contributed by atoms with E-state index in [0.29, 0.717) is 6.61 Å². The lowest BCUT2D eigenvalue weighted by molar-refractivity contribution is -0.134. The predicted octanol–water partition coefficient (Wildman–Crippen LogP) is 3.91. The number of carbonyl (C=O) groups excluding carboxylic acids is 1. The van der Waals surface area contributed by atoms with E-state index in [9.17, 15) is 4.79 Å². The van der Waals surface area contributed by atoms with Crippen LogP contribution < -0.4 is 0 Å². The maximum atomic E-state index is 11.7. The van der Waals surface area contributed by atoms with Gasteiger partial charge in [0, 0.05) is 17.6 Å². The Balaban J connectivity index is 2.38. The van der Waals surface area contributed by atoms with Gasteiger partial charge in [0.1, 0.15) is 8.07 Å². The molecule has 2 atom stereocenters. The fraction of sp³-hybridized carbons (Fsp3) is 0.350. The number of carbonyl (C=O) groups is 1. The zero-order chi connectivity index (χ0) is 17.7. The van der Waals surface area contributed by atoms with E-state index in [1.54, 1.807) is 0 Å². The first-order chi connectivity index (χ1) is 11.3. The summed E-state index contributed by atoms with van der Waals surface area (Å²) in [6, 6.07) is 9.98. The molecule has 4 heteroatoms. The van der Waals surface area contributed by atoms with Gasteiger partial charge < -0.3 is 9.47 Å². The molecule has 24 heavy (non-hydrogen) atoms. The van der Waals surface area contributed by atoms with Gasteiger partial charge in [0.05, 0.1) is 19.8 Å². The van der Waals surface area contributed by atoms with Crippen molar-refractivity contribution < 1.29 is 14.3 Å². The monoisotopic (exact) mass is 340 g/mol. The topological polar surface area (TPSA) is 35.5 Å². The summed E-state index contributed by atoms with van der Waals surface area (Å²) in [6.45, 7) is 11.1. The zero-order valence-corrected chi connectivity index (χ0v) is 15.8. The first-order valence-corrected chi connectivity index (χ1v) is 11.5. The van der Waals surface area contributed by atoms with Crippen LogP contribution in [0.1, 0.15) is 11.7 Å². The lowest BCUT2D eigenvalue weighted by atomic mass is 9.86. The fourth-order valence-electron chi connectivity index (χ4n) is 2.59. The van der Waals surface area contributed by atoms with E-state index >= 15 is 0 Å². The molecule has 126 valence electrons. The van der Waals surface area contributed by atoms with E-state index in [1.807, 2.05) is 30.3 Å². The average Bonchev–Trinajstić information content (AvgIpc) is 2.96. The van der Waals surface area contributed by atoms with E-state index in [2.05, 4.69) is 37.7 Å². The smallest absolute Gasteiger partial charge is 0.330 e. The fourth-order valence-corrected chi connectivity index (χ4v) is 3.13. The molecule has 0 amide bonds. The second-order valence-electron chi connectivity index (χ2n) is 6.89. The van der Waals surface area contributed by atoms with Crippen LogP contribution in [-0.2, 0) is 14.3 Å². The summed E-state index contributed by atoms with van der Waals surface area (Å²) in [5.74, 6) is 2.72. The first kappa shape index (κ1) is 18.2. The van der Waals surface area contributed by atoms with E-state index < -0.39 is 8.07 Å². The summed E-state index contributed by atoms with van der Waals surface area (Å²) < 4.78 is 10.7. The van der Waals surface area contributed by atoms with Gasteiger partial charge in [-0.05, 0) is 11.1 Å². The zero-order valence-electron chi connectivity index (χ0n) is 14.8. The lowest BCUT2D eigenvalue weighted by Crippen LogP contribution is -2.17. The highest BCUT2D eigenvalue weighted by Gasteiger charge is 2.35. The van der Waals surface area contributed by atoms with Gasteiger partial charge in [-0.2, -0.15) is 0 Å². The molecule has 0 saturated carbocycles. The molecule has 0 bridgehead atoms. The average molecular weight is 340 g/mol. The Labute approximate surface area is 145 Å². The largest absolute Gasteiger partial charge is 0.466 e. The number of benzene rings is 1. The van der Waals surface area contributed by atoms with Crippen molar-refractivity contribution >= 4 is 14.0 Å². The van der Waals surface area contributed by atoms with Crippen molar-refractivity contribution in [3.05, 3.63) is 59.7 Å². The quantitative estimate of drug-likeness (QED) is 0.362. The number of methoxy groups -OCH3 is 1. The molecule has 3 nitrogen and oxygen atoms in total. The van der Waals surface area contributed by atoms with Crippen molar-refractivity contribution in [3.63, 3.8) is 0 Å². The minimum atomic E-state index is -1.51. The van der Waals surface area contributed by atoms with Crippen LogP contribution in [0.5, 0.6) is 0 Å². The molecule has 0 unspecified atom stereocenters. The Morgan fingerprint density at radius 3 is 2.58 bits per heavy atom. The molecule has 0 spiro atoms. The highest BCUT2D eigenvalue weighted by atomic mass is 28.3. The summed E-state index contributed by atoms with van der Waals surface area (Å²) in [6.07, 6.45) is 1.33. The van der Waals surface area contributed by atoms with Crippen molar-refractivity contribution in [1.29, 1.82) is 0 Å². The normalized spacial score (nSPS) is 21.9. The molecule has 1 saturated heterocycles. The molecule has 1 aromatic rings. The molecule has 1 aliphatic rings. The molecule has 0 radical (unpaired) electrons. The second kappa shape index (κ2) is 7.65. The molecular weight excluding hydrogens is 316 g/mol. The predicted molar refractivity (Wildman–Crippen MR) is 99.0 cm³/mol. The maximum Gasteiger partial charge on any atom is 0.330 e. The molecule has 1 heterocycles. The molecule has 1 fully saturated rings. The lowest BCUT2D eigenvalue weighted by Gasteiger charge is -2.19. The Hall–Kier alpha value is -2.09. The van der Waals surface area contributed by atoms with Gasteiger partial charge in [-0.1, -0.05) is 62.5 Å². The van der Waals surface area contributed by atoms with E-state index in [0.717, 1.165) is 16.7 Å². The molecule has 1 aromatic carbocycles. The van der Waals surface area contributed by atoms with Crippen LogP contribution in [0.25, 0.3) is 0 Å². The molecule has 1 aliphatic heterocycles. The summed E-state index contributed by atoms with van der Waals surface area (Å²) in [4.78, 5) is 11.7. The van der Waals surface area contributed by atoms with E-state index in [-0.39, 0.29) is 18.0 Å². The third kappa shape index (κ3) is 4.70. The van der Waals surface area contributed by atoms with Gasteiger partial charge in [-0.15, -0.1) is 5.54 Å². The Kier molecular flexibility index (Phi) is 5.82. The minimum absolute atomic E-state index is 0.129. The third-order valence-corrected chi connectivity index (χ3v) is 4.61. The van der Waals surface area contributed by atoms with Gasteiger partial charge in [-0.25, -0.2) is 4.79 Å². The van der Waals surface area contributed by atoms with Crippen LogP contribution in [-0.4, -0.2) is 27.8 Å². The number of esters is 1. The van der Waals surface area contributed by atoms with Crippen molar-refractivity contribution in [2.75, 3.05) is 13.7 Å². The summed E-state index contributed by atoms with van der Waals surface area (Å²) in [5, 5.41) is 0. The molecule has 0 N–H and O–H groups in total. The Morgan fingerprint density at radius 2 is 2.00 bits per heavy atom. The highest BCUT2D eigenvalue weighted by Crippen LogP contribution is 2.41. The van der Waals surface area contributed by atoms with Crippen molar-refractivity contribution in [2.45, 2.75) is 25.7 Å². The standard InChI is InChI=1S/C20H24O3Si/c1-15(11-12-24(3,4)5)19-17(13-18(21)22-2)14-23-20(19)16-9-7-6-8-10-16/h6-10,13,19-20H,1,14H2,2-5H3/b17-13+/t19-,20+/m0/s1. The van der Waals surface area contributed by atoms with Crippen LogP contribution in [0.4, 0.5) is 0 Å². The second-order valence-corrected chi connectivity index (χ2v) is 11.6. The van der Waals surface area contributed by atoms with Crippen LogP contribution in [0, 0.1) is 17.4 Å². The van der Waals surface area contributed by atoms with E-state index in [4.69, 9.17) is 9.47 Å². The van der Waals surface area contributed by atoms with Crippen molar-refractivity contribution in [3.8, 4) is 11.5 Å². The van der Waals surface area contributed by atoms with E-state index in [1.165, 1.54) is 13.2 Å². The highest BCUT2D eigenvalue weighted by molar-refractivity contribution is 6.83. The SMILES string of the molecule is C=C(C#C[Si](C)(C)C)[C@H]1/C(=C/C(=O)OC)CO[C@@H]1c1ccccc1. The van der Waals surface area contributed by atoms with Gasteiger partial charge in [-0.3, -0.25) is 0 Å². The Bertz CT molecular complexity index is 702. The summed E-state index contributed by atoms with van der Waals surface area (Å²) >= 11 is 0. The molecule has 0 aliphatic carbocycles. The van der Waals surface area contributed by atoms with Gasteiger partial charge in [0.2, 0.25) is 0 Å². The number of hydrogen-bond acceptors (Lipinski definition) is 3. The van der Waals surface area contributed by atoms with Crippen LogP contribution in [0.15, 0.2) is 54.1 Å². The van der Waals surface area contributed by atoms with Gasteiger partial charge in [0.25, 0.3) is 0 Å². The van der Waals surface area contributed by atoms with Gasteiger partial charge >= 0.3 is 5.97 Å². The number of rotatable bonds is 3. The molecular formula is C20H24O3Si. The number of ether oxygens (including phenoxy) is 2. The molecule has 0 aromatic heterocycles. The third-order valence-electron chi connectivity index (χ3n) is 3.74. The first-order valence-electron chi connectivity index (χ1n) is 7.99. The Morgan fingerprint density at radius 1 is 1.33 bits per heavy atom. The summed E-state index contributed by atoms with van der Waals surface area (Å²) in [5.41, 5.74) is 6.07. The van der Waals surface area contributed by atoms with Crippen LogP contribution in [0.3, 0.4) is 0 Å². The number of hydrogen-bond donors (Lipinski definition) is 0. The maximum absolute atomic E-state index is 11.7. The van der Waals surface area contributed by atoms with Crippen LogP contribution in [0.2, 0.25) is 19.6 Å². The van der Waals surface area contributed by atoms with Gasteiger partial charge in [0.15, 0.2) is 0 Å².